The van der Waals surface area contributed by atoms with Gasteiger partial charge in [-0.25, -0.2) is 4.39 Å². The molecule has 1 N–H and O–H groups in total. The first-order valence-electron chi connectivity index (χ1n) is 5.74. The molecule has 2 aromatic rings. The summed E-state index contributed by atoms with van der Waals surface area (Å²) in [5.74, 6) is 0.0445. The molecule has 0 heterocycles. The topological polar surface area (TPSA) is 53.2 Å². The molecule has 4 heteroatoms. The zero-order valence-corrected chi connectivity index (χ0v) is 10.1. The Hall–Kier alpha value is -2.38. The van der Waals surface area contributed by atoms with Gasteiger partial charge in [-0.2, -0.15) is 5.26 Å². The van der Waals surface area contributed by atoms with Crippen LogP contribution in [0, 0.1) is 17.1 Å². The Kier molecular flexibility index (Phi) is 4.11. The number of nitrogens with zero attached hydrogens (tertiary/aromatic N) is 1. The Bertz CT molecular complexity index is 603. The van der Waals surface area contributed by atoms with Crippen LogP contribution < -0.4 is 4.74 Å². The van der Waals surface area contributed by atoms with E-state index in [-0.39, 0.29) is 6.61 Å². The largest absolute Gasteiger partial charge is 0.489 e. The smallest absolute Gasteiger partial charge is 0.125 e. The molecule has 0 radical (unpaired) electrons. The Balaban J connectivity index is 2.07. The lowest BCUT2D eigenvalue weighted by molar-refractivity contribution is 0.258. The summed E-state index contributed by atoms with van der Waals surface area (Å²) >= 11 is 0. The van der Waals surface area contributed by atoms with Crippen molar-refractivity contribution < 1.29 is 14.2 Å². The van der Waals surface area contributed by atoms with Gasteiger partial charge in [0.1, 0.15) is 18.2 Å². The van der Waals surface area contributed by atoms with Crippen LogP contribution in [0.3, 0.4) is 0 Å². The lowest BCUT2D eigenvalue weighted by atomic mass is 10.1. The maximum absolute atomic E-state index is 13.0. The molecule has 0 aliphatic heterocycles. The number of aliphatic hydroxyl groups excluding tert-OH is 1. The molecular weight excluding hydrogens is 245 g/mol. The minimum Gasteiger partial charge on any atom is -0.489 e. The van der Waals surface area contributed by atoms with Crippen molar-refractivity contribution in [3.05, 3.63) is 65.0 Å². The van der Waals surface area contributed by atoms with Crippen LogP contribution in [-0.4, -0.2) is 5.11 Å². The number of ether oxygens (including phenoxy) is 1. The van der Waals surface area contributed by atoms with Gasteiger partial charge in [0.2, 0.25) is 0 Å². The number of benzene rings is 2. The molecule has 0 aromatic heterocycles. The Labute approximate surface area is 110 Å². The van der Waals surface area contributed by atoms with Crippen molar-refractivity contribution in [1.82, 2.24) is 0 Å². The van der Waals surface area contributed by atoms with Crippen LogP contribution in [-0.2, 0) is 13.2 Å². The molecule has 0 spiro atoms. The van der Waals surface area contributed by atoms with E-state index in [1.807, 2.05) is 6.07 Å². The molecule has 0 aliphatic carbocycles. The van der Waals surface area contributed by atoms with E-state index in [4.69, 9.17) is 15.1 Å². The summed E-state index contributed by atoms with van der Waals surface area (Å²) in [6, 6.07) is 13.1. The normalized spacial score (nSPS) is 9.95. The molecule has 0 atom stereocenters. The molecule has 2 aromatic carbocycles. The summed E-state index contributed by atoms with van der Waals surface area (Å²) in [7, 11) is 0. The fraction of sp³-hybridized carbons (Fsp3) is 0.133. The van der Waals surface area contributed by atoms with E-state index in [0.717, 1.165) is 5.56 Å². The zero-order valence-electron chi connectivity index (χ0n) is 10.1. The van der Waals surface area contributed by atoms with Gasteiger partial charge in [-0.15, -0.1) is 0 Å². The van der Waals surface area contributed by atoms with Gasteiger partial charge in [0.15, 0.2) is 0 Å². The summed E-state index contributed by atoms with van der Waals surface area (Å²) in [6.07, 6.45) is 0. The monoisotopic (exact) mass is 257 g/mol. The van der Waals surface area contributed by atoms with Gasteiger partial charge in [0, 0.05) is 5.56 Å². The molecule has 3 nitrogen and oxygen atoms in total. The first-order chi connectivity index (χ1) is 9.22. The highest BCUT2D eigenvalue weighted by atomic mass is 19.1. The molecular formula is C15H12FNO2. The van der Waals surface area contributed by atoms with Gasteiger partial charge < -0.3 is 9.84 Å². The molecule has 2 rings (SSSR count). The second kappa shape index (κ2) is 5.98. The van der Waals surface area contributed by atoms with Crippen molar-refractivity contribution in [3.8, 4) is 11.8 Å². The summed E-state index contributed by atoms with van der Waals surface area (Å²) < 4.78 is 18.5. The standard InChI is InChI=1S/C15H12FNO2/c16-14-5-6-15(13(7-14)9-18)19-10-12-3-1-11(8-17)2-4-12/h1-7,18H,9-10H2. The van der Waals surface area contributed by atoms with Crippen LogP contribution >= 0.6 is 0 Å². The Morgan fingerprint density at radius 1 is 1.16 bits per heavy atom. The minimum atomic E-state index is -0.408. The van der Waals surface area contributed by atoms with Crippen molar-refractivity contribution in [1.29, 1.82) is 5.26 Å². The van der Waals surface area contributed by atoms with Crippen LogP contribution in [0.25, 0.3) is 0 Å². The van der Waals surface area contributed by atoms with Crippen molar-refractivity contribution in [2.75, 3.05) is 0 Å². The van der Waals surface area contributed by atoms with Gasteiger partial charge in [0.05, 0.1) is 18.2 Å². The van der Waals surface area contributed by atoms with Crippen molar-refractivity contribution in [2.24, 2.45) is 0 Å². The average molecular weight is 257 g/mol. The van der Waals surface area contributed by atoms with Crippen molar-refractivity contribution >= 4 is 0 Å². The molecule has 0 fully saturated rings. The highest BCUT2D eigenvalue weighted by Crippen LogP contribution is 2.21. The third kappa shape index (κ3) is 3.30. The lowest BCUT2D eigenvalue weighted by Gasteiger charge is -2.10. The SMILES string of the molecule is N#Cc1ccc(COc2ccc(F)cc2CO)cc1. The molecule has 19 heavy (non-hydrogen) atoms. The van der Waals surface area contributed by atoms with Crippen LogP contribution in [0.4, 0.5) is 4.39 Å². The predicted molar refractivity (Wildman–Crippen MR) is 67.8 cm³/mol. The van der Waals surface area contributed by atoms with Crippen LogP contribution in [0.5, 0.6) is 5.75 Å². The summed E-state index contributed by atoms with van der Waals surface area (Å²) in [5, 5.41) is 17.8. The van der Waals surface area contributed by atoms with Crippen LogP contribution in [0.15, 0.2) is 42.5 Å². The van der Waals surface area contributed by atoms with E-state index in [9.17, 15) is 4.39 Å². The number of hydrogen-bond acceptors (Lipinski definition) is 3. The quantitative estimate of drug-likeness (QED) is 0.916. The van der Waals surface area contributed by atoms with Gasteiger partial charge >= 0.3 is 0 Å². The van der Waals surface area contributed by atoms with E-state index in [1.54, 1.807) is 24.3 Å². The van der Waals surface area contributed by atoms with Crippen molar-refractivity contribution in [3.63, 3.8) is 0 Å². The maximum Gasteiger partial charge on any atom is 0.125 e. The fourth-order valence-electron chi connectivity index (χ4n) is 1.65. The van der Waals surface area contributed by atoms with E-state index in [1.165, 1.54) is 18.2 Å². The molecule has 0 saturated heterocycles. The van der Waals surface area contributed by atoms with E-state index in [2.05, 4.69) is 0 Å². The van der Waals surface area contributed by atoms with E-state index >= 15 is 0 Å². The number of hydrogen-bond donors (Lipinski definition) is 1. The molecule has 0 amide bonds. The third-order valence-electron chi connectivity index (χ3n) is 2.67. The number of rotatable bonds is 4. The molecule has 96 valence electrons. The second-order valence-corrected chi connectivity index (χ2v) is 4.01. The van der Waals surface area contributed by atoms with Crippen molar-refractivity contribution in [2.45, 2.75) is 13.2 Å². The zero-order chi connectivity index (χ0) is 13.7. The summed E-state index contributed by atoms with van der Waals surface area (Å²) in [4.78, 5) is 0. The van der Waals surface area contributed by atoms with E-state index < -0.39 is 5.82 Å². The summed E-state index contributed by atoms with van der Waals surface area (Å²) in [5.41, 5.74) is 1.89. The maximum atomic E-state index is 13.0. The Morgan fingerprint density at radius 3 is 2.53 bits per heavy atom. The fourth-order valence-corrected chi connectivity index (χ4v) is 1.65. The van der Waals surface area contributed by atoms with Crippen LogP contribution in [0.1, 0.15) is 16.7 Å². The van der Waals surface area contributed by atoms with Gasteiger partial charge in [0.25, 0.3) is 0 Å². The second-order valence-electron chi connectivity index (χ2n) is 4.01. The lowest BCUT2D eigenvalue weighted by Crippen LogP contribution is -1.99. The number of aliphatic hydroxyl groups is 1. The summed E-state index contributed by atoms with van der Waals surface area (Å²) in [6.45, 7) is 0.0187. The molecule has 0 unspecified atom stereocenters. The Morgan fingerprint density at radius 2 is 1.89 bits per heavy atom. The highest BCUT2D eigenvalue weighted by molar-refractivity contribution is 5.34. The van der Waals surface area contributed by atoms with Crippen LogP contribution in [0.2, 0.25) is 0 Å². The van der Waals surface area contributed by atoms with Gasteiger partial charge in [-0.3, -0.25) is 0 Å². The first-order valence-corrected chi connectivity index (χ1v) is 5.74. The van der Waals surface area contributed by atoms with E-state index in [0.29, 0.717) is 23.5 Å². The number of nitriles is 1. The molecule has 0 bridgehead atoms. The minimum absolute atomic E-state index is 0.277. The first kappa shape index (κ1) is 13.1. The molecule has 0 saturated carbocycles. The predicted octanol–water partition coefficient (Wildman–Crippen LogP) is 2.77. The highest BCUT2D eigenvalue weighted by Gasteiger charge is 2.05. The van der Waals surface area contributed by atoms with Gasteiger partial charge in [-0.1, -0.05) is 12.1 Å². The van der Waals surface area contributed by atoms with Gasteiger partial charge in [-0.05, 0) is 35.9 Å². The third-order valence-corrected chi connectivity index (χ3v) is 2.67. The average Bonchev–Trinajstić information content (AvgIpc) is 2.46. The molecule has 0 aliphatic rings. The number of halogens is 1.